The van der Waals surface area contributed by atoms with E-state index in [2.05, 4.69) is 36.7 Å². The molecule has 0 saturated heterocycles. The van der Waals surface area contributed by atoms with Crippen LogP contribution < -0.4 is 10.6 Å². The Balaban J connectivity index is 3.04. The molecule has 0 spiro atoms. The van der Waals surface area contributed by atoms with Crippen LogP contribution in [0.15, 0.2) is 18.3 Å². The normalized spacial score (nSPS) is 12.5. The molecule has 3 heteroatoms. The van der Waals surface area contributed by atoms with Crippen LogP contribution in [0.2, 0.25) is 0 Å². The van der Waals surface area contributed by atoms with Crippen LogP contribution in [0, 0.1) is 0 Å². The maximum atomic E-state index is 5.71. The van der Waals surface area contributed by atoms with E-state index in [0.29, 0.717) is 12.5 Å². The number of hydrogen-bond donors (Lipinski definition) is 1. The quantitative estimate of drug-likeness (QED) is 0.803. The Morgan fingerprint density at radius 3 is 2.60 bits per heavy atom. The Morgan fingerprint density at radius 1 is 1.40 bits per heavy atom. The number of hydrogen-bond acceptors (Lipinski definition) is 3. The molecular formula is C12H21N3. The number of nitrogens with two attached hydrogens (primary N) is 1. The lowest BCUT2D eigenvalue weighted by atomic mass is 10.0. The van der Waals surface area contributed by atoms with Gasteiger partial charge >= 0.3 is 0 Å². The summed E-state index contributed by atoms with van der Waals surface area (Å²) in [5.74, 6) is 1.45. The highest BCUT2D eigenvalue weighted by Crippen LogP contribution is 2.24. The van der Waals surface area contributed by atoms with E-state index in [4.69, 9.17) is 5.73 Å². The molecule has 1 rings (SSSR count). The maximum Gasteiger partial charge on any atom is 0.132 e. The monoisotopic (exact) mass is 207 g/mol. The molecule has 0 bridgehead atoms. The van der Waals surface area contributed by atoms with Crippen LogP contribution in [-0.4, -0.2) is 24.6 Å². The topological polar surface area (TPSA) is 42.2 Å². The third-order valence-electron chi connectivity index (χ3n) is 2.76. The van der Waals surface area contributed by atoms with Gasteiger partial charge in [-0.1, -0.05) is 13.0 Å². The fraction of sp³-hybridized carbons (Fsp3) is 0.583. The van der Waals surface area contributed by atoms with Gasteiger partial charge in [0.15, 0.2) is 0 Å². The lowest BCUT2D eigenvalue weighted by molar-refractivity contribution is 0.749. The van der Waals surface area contributed by atoms with Crippen LogP contribution in [0.25, 0.3) is 0 Å². The van der Waals surface area contributed by atoms with Crippen LogP contribution >= 0.6 is 0 Å². The van der Waals surface area contributed by atoms with Crippen LogP contribution in [0.5, 0.6) is 0 Å². The van der Waals surface area contributed by atoms with Crippen LogP contribution in [0.3, 0.4) is 0 Å². The fourth-order valence-corrected chi connectivity index (χ4v) is 1.71. The first kappa shape index (κ1) is 12.0. The van der Waals surface area contributed by atoms with Crippen molar-refractivity contribution in [2.75, 3.05) is 24.5 Å². The lowest BCUT2D eigenvalue weighted by Crippen LogP contribution is -2.25. The molecule has 0 aliphatic rings. The molecule has 15 heavy (non-hydrogen) atoms. The fourth-order valence-electron chi connectivity index (χ4n) is 1.71. The third kappa shape index (κ3) is 2.69. The average Bonchev–Trinajstić information content (AvgIpc) is 2.30. The van der Waals surface area contributed by atoms with Crippen molar-refractivity contribution in [2.24, 2.45) is 5.73 Å². The van der Waals surface area contributed by atoms with Crippen molar-refractivity contribution in [3.63, 3.8) is 0 Å². The van der Waals surface area contributed by atoms with E-state index in [1.807, 2.05) is 12.3 Å². The van der Waals surface area contributed by atoms with Gasteiger partial charge in [0, 0.05) is 19.3 Å². The van der Waals surface area contributed by atoms with Gasteiger partial charge in [0.1, 0.15) is 5.82 Å². The molecule has 0 aromatic carbocycles. The largest absolute Gasteiger partial charge is 0.357 e. The number of aromatic nitrogens is 1. The number of pyridine rings is 1. The van der Waals surface area contributed by atoms with E-state index in [0.717, 1.165) is 18.9 Å². The molecule has 1 aromatic heterocycles. The van der Waals surface area contributed by atoms with E-state index in [1.54, 1.807) is 0 Å². The first-order valence-corrected chi connectivity index (χ1v) is 5.64. The molecule has 0 amide bonds. The molecule has 0 fully saturated rings. The molecular weight excluding hydrogens is 186 g/mol. The van der Waals surface area contributed by atoms with Gasteiger partial charge in [-0.3, -0.25) is 0 Å². The first-order valence-electron chi connectivity index (χ1n) is 5.64. The van der Waals surface area contributed by atoms with E-state index in [9.17, 15) is 0 Å². The summed E-state index contributed by atoms with van der Waals surface area (Å²) < 4.78 is 0. The molecule has 84 valence electrons. The predicted octanol–water partition coefficient (Wildman–Crippen LogP) is 1.99. The zero-order valence-corrected chi connectivity index (χ0v) is 9.90. The Hall–Kier alpha value is -1.09. The number of nitrogens with zero attached hydrogens (tertiary/aromatic N) is 2. The molecule has 1 unspecified atom stereocenters. The SMILES string of the molecule is CCN(CC)c1ncccc1C(C)CN. The van der Waals surface area contributed by atoms with Gasteiger partial charge < -0.3 is 10.6 Å². The highest BCUT2D eigenvalue weighted by atomic mass is 15.2. The highest BCUT2D eigenvalue weighted by molar-refractivity contribution is 5.48. The Labute approximate surface area is 92.3 Å². The van der Waals surface area contributed by atoms with Gasteiger partial charge in [-0.25, -0.2) is 4.98 Å². The zero-order chi connectivity index (χ0) is 11.3. The second-order valence-corrected chi connectivity index (χ2v) is 3.73. The van der Waals surface area contributed by atoms with Crippen LogP contribution in [-0.2, 0) is 0 Å². The molecule has 1 atom stereocenters. The van der Waals surface area contributed by atoms with Crippen molar-refractivity contribution >= 4 is 5.82 Å². The van der Waals surface area contributed by atoms with Crippen molar-refractivity contribution in [2.45, 2.75) is 26.7 Å². The Morgan fingerprint density at radius 2 is 2.07 bits per heavy atom. The second-order valence-electron chi connectivity index (χ2n) is 3.73. The first-order chi connectivity index (χ1) is 7.24. The third-order valence-corrected chi connectivity index (χ3v) is 2.76. The predicted molar refractivity (Wildman–Crippen MR) is 65.3 cm³/mol. The second kappa shape index (κ2) is 5.71. The van der Waals surface area contributed by atoms with Gasteiger partial charge in [0.2, 0.25) is 0 Å². The Kier molecular flexibility index (Phi) is 4.56. The summed E-state index contributed by atoms with van der Waals surface area (Å²) in [6, 6.07) is 4.10. The van der Waals surface area contributed by atoms with Crippen molar-refractivity contribution < 1.29 is 0 Å². The molecule has 3 nitrogen and oxygen atoms in total. The summed E-state index contributed by atoms with van der Waals surface area (Å²) in [5, 5.41) is 0. The summed E-state index contributed by atoms with van der Waals surface area (Å²) in [6.07, 6.45) is 1.85. The van der Waals surface area contributed by atoms with E-state index in [-0.39, 0.29) is 0 Å². The number of anilines is 1. The summed E-state index contributed by atoms with van der Waals surface area (Å²) in [6.45, 7) is 9.07. The molecule has 0 radical (unpaired) electrons. The van der Waals surface area contributed by atoms with Crippen molar-refractivity contribution in [1.29, 1.82) is 0 Å². The molecule has 1 heterocycles. The smallest absolute Gasteiger partial charge is 0.132 e. The Bertz CT molecular complexity index is 295. The van der Waals surface area contributed by atoms with Crippen molar-refractivity contribution in [3.05, 3.63) is 23.9 Å². The van der Waals surface area contributed by atoms with E-state index >= 15 is 0 Å². The summed E-state index contributed by atoms with van der Waals surface area (Å²) in [5.41, 5.74) is 6.96. The standard InChI is InChI=1S/C12H21N3/c1-4-15(5-2)12-11(10(3)9-13)7-6-8-14-12/h6-8,10H,4-5,9,13H2,1-3H3. The average molecular weight is 207 g/mol. The van der Waals surface area contributed by atoms with Gasteiger partial charge in [-0.2, -0.15) is 0 Å². The van der Waals surface area contributed by atoms with Gasteiger partial charge in [-0.05, 0) is 37.9 Å². The minimum Gasteiger partial charge on any atom is -0.357 e. The zero-order valence-electron chi connectivity index (χ0n) is 9.90. The minimum absolute atomic E-state index is 0.370. The molecule has 0 saturated carbocycles. The molecule has 0 aliphatic carbocycles. The number of rotatable bonds is 5. The highest BCUT2D eigenvalue weighted by Gasteiger charge is 2.13. The van der Waals surface area contributed by atoms with E-state index in [1.165, 1.54) is 5.56 Å². The molecule has 1 aromatic rings. The molecule has 2 N–H and O–H groups in total. The maximum absolute atomic E-state index is 5.71. The summed E-state index contributed by atoms with van der Waals surface area (Å²) in [4.78, 5) is 6.73. The van der Waals surface area contributed by atoms with Crippen LogP contribution in [0.4, 0.5) is 5.82 Å². The van der Waals surface area contributed by atoms with Gasteiger partial charge in [0.25, 0.3) is 0 Å². The summed E-state index contributed by atoms with van der Waals surface area (Å²) >= 11 is 0. The lowest BCUT2D eigenvalue weighted by Gasteiger charge is -2.24. The minimum atomic E-state index is 0.370. The molecule has 0 aliphatic heterocycles. The van der Waals surface area contributed by atoms with Crippen LogP contribution in [0.1, 0.15) is 32.3 Å². The van der Waals surface area contributed by atoms with E-state index < -0.39 is 0 Å². The van der Waals surface area contributed by atoms with Crippen molar-refractivity contribution in [3.8, 4) is 0 Å². The van der Waals surface area contributed by atoms with Gasteiger partial charge in [0.05, 0.1) is 0 Å². The summed E-state index contributed by atoms with van der Waals surface area (Å²) in [7, 11) is 0. The van der Waals surface area contributed by atoms with Gasteiger partial charge in [-0.15, -0.1) is 0 Å². The van der Waals surface area contributed by atoms with Crippen molar-refractivity contribution in [1.82, 2.24) is 4.98 Å².